The average Bonchev–Trinajstić information content (AvgIpc) is 2.74. The Hall–Kier alpha value is -3.80. The first-order chi connectivity index (χ1) is 13.3. The summed E-state index contributed by atoms with van der Waals surface area (Å²) < 4.78 is 5.34. The fraction of sp³-hybridized carbons (Fsp3) is 0.0476. The van der Waals surface area contributed by atoms with Crippen LogP contribution in [0.1, 0.15) is 10.4 Å². The highest BCUT2D eigenvalue weighted by atomic mass is 16.5. The number of ether oxygens (including phenoxy) is 1. The molecule has 2 aromatic carbocycles. The number of nitrogens with one attached hydrogen (secondary N) is 1. The molecule has 0 saturated carbocycles. The number of benzene rings is 2. The maximum absolute atomic E-state index is 11.4. The van der Waals surface area contributed by atoms with Gasteiger partial charge in [0.25, 0.3) is 0 Å². The van der Waals surface area contributed by atoms with Crippen LogP contribution in [0.3, 0.4) is 0 Å². The van der Waals surface area contributed by atoms with Crippen LogP contribution >= 0.6 is 0 Å². The maximum atomic E-state index is 11.4. The predicted octanol–water partition coefficient (Wildman–Crippen LogP) is 4.26. The summed E-state index contributed by atoms with van der Waals surface area (Å²) in [5, 5.41) is 4.06. The Morgan fingerprint density at radius 2 is 1.93 bits per heavy atom. The number of methoxy groups -OCH3 is 1. The number of carbonyl (C=O) groups excluding carboxylic acids is 1. The number of fused-ring (bicyclic) bond motifs is 1. The summed E-state index contributed by atoms with van der Waals surface area (Å²) in [5.74, 6) is 1.84. The molecule has 4 rings (SSSR count). The van der Waals surface area contributed by atoms with Gasteiger partial charge in [0.15, 0.2) is 12.1 Å². The van der Waals surface area contributed by atoms with Gasteiger partial charge in [0.05, 0.1) is 18.3 Å². The van der Waals surface area contributed by atoms with Crippen molar-refractivity contribution in [2.24, 2.45) is 0 Å². The van der Waals surface area contributed by atoms with Gasteiger partial charge in [-0.2, -0.15) is 0 Å². The third-order valence-corrected chi connectivity index (χ3v) is 4.16. The second-order valence-electron chi connectivity index (χ2n) is 5.85. The Morgan fingerprint density at radius 3 is 2.70 bits per heavy atom. The molecular weight excluding hydrogens is 340 g/mol. The van der Waals surface area contributed by atoms with Gasteiger partial charge in [-0.25, -0.2) is 9.97 Å². The van der Waals surface area contributed by atoms with E-state index in [9.17, 15) is 4.79 Å². The van der Waals surface area contributed by atoms with Gasteiger partial charge < -0.3 is 10.1 Å². The number of anilines is 2. The highest BCUT2D eigenvalue weighted by molar-refractivity contribution is 5.95. The van der Waals surface area contributed by atoms with Gasteiger partial charge in [-0.05, 0) is 42.5 Å². The fourth-order valence-corrected chi connectivity index (χ4v) is 2.80. The summed E-state index contributed by atoms with van der Waals surface area (Å²) >= 11 is 0. The van der Waals surface area contributed by atoms with Gasteiger partial charge in [0, 0.05) is 28.9 Å². The lowest BCUT2D eigenvalue weighted by atomic mass is 10.1. The molecule has 0 atom stereocenters. The number of nitrogens with zero attached hydrogens (tertiary/aromatic N) is 3. The molecule has 0 bridgehead atoms. The maximum Gasteiger partial charge on any atom is 0.163 e. The van der Waals surface area contributed by atoms with Gasteiger partial charge in [0.1, 0.15) is 11.6 Å². The Labute approximate surface area is 155 Å². The zero-order chi connectivity index (χ0) is 18.6. The Morgan fingerprint density at radius 1 is 1.04 bits per heavy atom. The van der Waals surface area contributed by atoms with E-state index in [-0.39, 0.29) is 0 Å². The molecule has 0 aliphatic rings. The molecule has 27 heavy (non-hydrogen) atoms. The molecule has 0 fully saturated rings. The minimum Gasteiger partial charge on any atom is -0.497 e. The van der Waals surface area contributed by atoms with Crippen molar-refractivity contribution in [2.45, 2.75) is 0 Å². The lowest BCUT2D eigenvalue weighted by Crippen LogP contribution is -2.01. The van der Waals surface area contributed by atoms with E-state index < -0.39 is 0 Å². The molecule has 132 valence electrons. The highest BCUT2D eigenvalue weighted by Gasteiger charge is 2.12. The standard InChI is InChI=1S/C21H16N4O2/c1-27-16-8-9-19-17(11-16)21(23-18-7-3-2-5-15(18)13-26)25-20(24-19)14-6-4-10-22-12-14/h2-13H,1H3,(H,23,24,25). The molecule has 4 aromatic rings. The lowest BCUT2D eigenvalue weighted by Gasteiger charge is -2.13. The van der Waals surface area contributed by atoms with Crippen LogP contribution in [-0.2, 0) is 0 Å². The van der Waals surface area contributed by atoms with Gasteiger partial charge in [-0.1, -0.05) is 12.1 Å². The molecule has 0 spiro atoms. The zero-order valence-corrected chi connectivity index (χ0v) is 14.6. The van der Waals surface area contributed by atoms with Crippen LogP contribution in [0.15, 0.2) is 67.0 Å². The highest BCUT2D eigenvalue weighted by Crippen LogP contribution is 2.30. The number of rotatable bonds is 5. The largest absolute Gasteiger partial charge is 0.497 e. The Kier molecular flexibility index (Phi) is 4.45. The van der Waals surface area contributed by atoms with Gasteiger partial charge >= 0.3 is 0 Å². The van der Waals surface area contributed by atoms with Crippen LogP contribution in [0.5, 0.6) is 5.75 Å². The molecule has 0 unspecified atom stereocenters. The Bertz CT molecular complexity index is 1110. The van der Waals surface area contributed by atoms with Crippen LogP contribution in [0.2, 0.25) is 0 Å². The first kappa shape index (κ1) is 16.7. The number of para-hydroxylation sites is 1. The van der Waals surface area contributed by atoms with Crippen molar-refractivity contribution in [3.8, 4) is 17.1 Å². The molecule has 0 aliphatic heterocycles. The van der Waals surface area contributed by atoms with Crippen molar-refractivity contribution in [2.75, 3.05) is 12.4 Å². The van der Waals surface area contributed by atoms with Gasteiger partial charge in [-0.3, -0.25) is 9.78 Å². The van der Waals surface area contributed by atoms with E-state index in [4.69, 9.17) is 4.74 Å². The van der Waals surface area contributed by atoms with Crippen molar-refractivity contribution < 1.29 is 9.53 Å². The van der Waals surface area contributed by atoms with Gasteiger partial charge in [-0.15, -0.1) is 0 Å². The minimum absolute atomic E-state index is 0.548. The molecule has 0 radical (unpaired) electrons. The topological polar surface area (TPSA) is 77.0 Å². The fourth-order valence-electron chi connectivity index (χ4n) is 2.80. The van der Waals surface area contributed by atoms with Crippen LogP contribution in [0.4, 0.5) is 11.5 Å². The molecular formula is C21H16N4O2. The number of hydrogen-bond donors (Lipinski definition) is 1. The van der Waals surface area contributed by atoms with Crippen molar-refractivity contribution in [1.82, 2.24) is 15.0 Å². The van der Waals surface area contributed by atoms with Crippen molar-refractivity contribution in [3.05, 3.63) is 72.6 Å². The molecule has 6 nitrogen and oxygen atoms in total. The number of pyridine rings is 1. The van der Waals surface area contributed by atoms with Crippen LogP contribution in [0, 0.1) is 0 Å². The summed E-state index contributed by atoms with van der Waals surface area (Å²) in [4.78, 5) is 24.8. The number of aromatic nitrogens is 3. The number of aldehydes is 1. The summed E-state index contributed by atoms with van der Waals surface area (Å²) in [6.07, 6.45) is 4.23. The molecule has 0 aliphatic carbocycles. The quantitative estimate of drug-likeness (QED) is 0.539. The van der Waals surface area contributed by atoms with E-state index in [1.165, 1.54) is 0 Å². The first-order valence-corrected chi connectivity index (χ1v) is 8.36. The van der Waals surface area contributed by atoms with Crippen LogP contribution in [0.25, 0.3) is 22.3 Å². The third-order valence-electron chi connectivity index (χ3n) is 4.16. The van der Waals surface area contributed by atoms with Crippen molar-refractivity contribution in [1.29, 1.82) is 0 Å². The summed E-state index contributed by atoms with van der Waals surface area (Å²) in [6.45, 7) is 0. The normalized spacial score (nSPS) is 10.6. The third kappa shape index (κ3) is 3.32. The van der Waals surface area contributed by atoms with E-state index in [0.717, 1.165) is 22.8 Å². The summed E-state index contributed by atoms with van der Waals surface area (Å²) in [6, 6.07) is 16.6. The molecule has 6 heteroatoms. The molecule has 2 heterocycles. The Balaban J connectivity index is 1.91. The van der Waals surface area contributed by atoms with E-state index in [1.807, 2.05) is 48.5 Å². The average molecular weight is 356 g/mol. The number of hydrogen-bond acceptors (Lipinski definition) is 6. The monoisotopic (exact) mass is 356 g/mol. The number of carbonyl (C=O) groups is 1. The zero-order valence-electron chi connectivity index (χ0n) is 14.6. The first-order valence-electron chi connectivity index (χ1n) is 8.36. The van der Waals surface area contributed by atoms with Crippen molar-refractivity contribution >= 4 is 28.7 Å². The predicted molar refractivity (Wildman–Crippen MR) is 104 cm³/mol. The minimum atomic E-state index is 0.548. The molecule has 0 saturated heterocycles. The van der Waals surface area contributed by atoms with Crippen LogP contribution < -0.4 is 10.1 Å². The van der Waals surface area contributed by atoms with E-state index in [0.29, 0.717) is 28.6 Å². The second-order valence-corrected chi connectivity index (χ2v) is 5.85. The smallest absolute Gasteiger partial charge is 0.163 e. The van der Waals surface area contributed by atoms with Crippen LogP contribution in [-0.4, -0.2) is 28.3 Å². The van der Waals surface area contributed by atoms with E-state index >= 15 is 0 Å². The van der Waals surface area contributed by atoms with Crippen molar-refractivity contribution in [3.63, 3.8) is 0 Å². The van der Waals surface area contributed by atoms with E-state index in [2.05, 4.69) is 20.3 Å². The van der Waals surface area contributed by atoms with E-state index in [1.54, 1.807) is 25.6 Å². The SMILES string of the molecule is COc1ccc2nc(-c3cccnc3)nc(Nc3ccccc3C=O)c2c1. The molecule has 0 amide bonds. The molecule has 1 N–H and O–H groups in total. The molecule has 2 aromatic heterocycles. The van der Waals surface area contributed by atoms with Gasteiger partial charge in [0.2, 0.25) is 0 Å². The second kappa shape index (κ2) is 7.21. The summed E-state index contributed by atoms with van der Waals surface area (Å²) in [5.41, 5.74) is 2.79. The summed E-state index contributed by atoms with van der Waals surface area (Å²) in [7, 11) is 1.61. The lowest BCUT2D eigenvalue weighted by molar-refractivity contribution is 0.112.